The second-order valence-electron chi connectivity index (χ2n) is 6.12. The summed E-state index contributed by atoms with van der Waals surface area (Å²) in [5.41, 5.74) is 1.27. The molecule has 0 bridgehead atoms. The maximum absolute atomic E-state index is 12.1. The van der Waals surface area contributed by atoms with E-state index in [2.05, 4.69) is 16.3 Å². The molecule has 3 rings (SSSR count). The molecule has 1 aromatic heterocycles. The van der Waals surface area contributed by atoms with E-state index < -0.39 is 0 Å². The lowest BCUT2D eigenvalue weighted by Crippen LogP contribution is -2.47. The van der Waals surface area contributed by atoms with Gasteiger partial charge in [0.1, 0.15) is 0 Å². The van der Waals surface area contributed by atoms with Crippen LogP contribution in [-0.2, 0) is 20.6 Å². The van der Waals surface area contributed by atoms with Crippen LogP contribution in [-0.4, -0.2) is 33.7 Å². The van der Waals surface area contributed by atoms with E-state index in [4.69, 9.17) is 11.6 Å². The Hall–Kier alpha value is -1.60. The van der Waals surface area contributed by atoms with Gasteiger partial charge in [-0.25, -0.2) is 4.79 Å². The highest BCUT2D eigenvalue weighted by molar-refractivity contribution is 6.30. The maximum Gasteiger partial charge on any atom is 0.330 e. The van der Waals surface area contributed by atoms with Crippen molar-refractivity contribution in [3.63, 3.8) is 0 Å². The Bertz CT molecular complexity index is 862. The van der Waals surface area contributed by atoms with E-state index in [0.29, 0.717) is 11.6 Å². The Morgan fingerprint density at radius 3 is 2.68 bits per heavy atom. The zero-order chi connectivity index (χ0) is 17.3. The monoisotopic (exact) mass is 384 g/mol. The van der Waals surface area contributed by atoms with E-state index in [9.17, 15) is 9.59 Å². The van der Waals surface area contributed by atoms with Crippen LogP contribution in [0.5, 0.6) is 0 Å². The fourth-order valence-electron chi connectivity index (χ4n) is 3.12. The van der Waals surface area contributed by atoms with Crippen molar-refractivity contribution in [2.24, 2.45) is 14.1 Å². The van der Waals surface area contributed by atoms with E-state index in [-0.39, 0.29) is 29.7 Å². The molecule has 1 N–H and O–H groups in total. The van der Waals surface area contributed by atoms with Crippen LogP contribution < -0.4 is 16.6 Å². The van der Waals surface area contributed by atoms with Gasteiger partial charge in [-0.05, 0) is 17.7 Å². The van der Waals surface area contributed by atoms with Gasteiger partial charge in [-0.1, -0.05) is 23.7 Å². The Morgan fingerprint density at radius 1 is 1.20 bits per heavy atom. The average molecular weight is 385 g/mol. The van der Waals surface area contributed by atoms with E-state index in [1.807, 2.05) is 18.2 Å². The van der Waals surface area contributed by atoms with Crippen molar-refractivity contribution >= 4 is 24.0 Å². The van der Waals surface area contributed by atoms with Crippen LogP contribution in [0.25, 0.3) is 0 Å². The van der Waals surface area contributed by atoms with Crippen LogP contribution in [0.4, 0.5) is 0 Å². The van der Waals surface area contributed by atoms with Crippen LogP contribution in [0.15, 0.2) is 39.9 Å². The molecule has 0 spiro atoms. The molecule has 2 heterocycles. The molecule has 1 aliphatic heterocycles. The summed E-state index contributed by atoms with van der Waals surface area (Å²) < 4.78 is 2.66. The first-order chi connectivity index (χ1) is 11.5. The molecule has 0 saturated carbocycles. The minimum atomic E-state index is -0.299. The number of hydrogen-bond acceptors (Lipinski definition) is 4. The number of halogens is 2. The predicted molar refractivity (Wildman–Crippen MR) is 102 cm³/mol. The third kappa shape index (κ3) is 4.15. The maximum atomic E-state index is 12.1. The summed E-state index contributed by atoms with van der Waals surface area (Å²) in [6.45, 7) is 3.05. The van der Waals surface area contributed by atoms with Gasteiger partial charge in [-0.2, -0.15) is 0 Å². The van der Waals surface area contributed by atoms with Crippen molar-refractivity contribution in [3.05, 3.63) is 67.4 Å². The van der Waals surface area contributed by atoms with Crippen molar-refractivity contribution < 1.29 is 0 Å². The zero-order valence-electron chi connectivity index (χ0n) is 14.2. The number of hydrogen-bond donors (Lipinski definition) is 1. The second-order valence-corrected chi connectivity index (χ2v) is 6.56. The van der Waals surface area contributed by atoms with Gasteiger partial charge in [0.05, 0.1) is 0 Å². The largest absolute Gasteiger partial charge is 0.330 e. The molecular formula is C17H22Cl2N4O2. The summed E-state index contributed by atoms with van der Waals surface area (Å²) in [4.78, 5) is 26.4. The molecule has 8 heteroatoms. The molecule has 0 radical (unpaired) electrons. The molecule has 1 aliphatic rings. The van der Waals surface area contributed by atoms with Crippen molar-refractivity contribution in [1.29, 1.82) is 0 Å². The second kappa shape index (κ2) is 8.19. The minimum Gasteiger partial charge on any atom is -0.314 e. The summed E-state index contributed by atoms with van der Waals surface area (Å²) in [6.07, 6.45) is 0. The third-order valence-corrected chi connectivity index (χ3v) is 4.81. The van der Waals surface area contributed by atoms with Gasteiger partial charge in [0.25, 0.3) is 5.56 Å². The van der Waals surface area contributed by atoms with Crippen LogP contribution in [0.2, 0.25) is 5.02 Å². The van der Waals surface area contributed by atoms with Crippen LogP contribution in [0.1, 0.15) is 17.3 Å². The number of benzene rings is 1. The van der Waals surface area contributed by atoms with E-state index in [1.165, 1.54) is 7.05 Å². The number of rotatable bonds is 3. The molecule has 2 aromatic rings. The molecule has 25 heavy (non-hydrogen) atoms. The van der Waals surface area contributed by atoms with E-state index in [0.717, 1.165) is 35.5 Å². The van der Waals surface area contributed by atoms with Gasteiger partial charge < -0.3 is 5.32 Å². The van der Waals surface area contributed by atoms with Gasteiger partial charge in [-0.3, -0.25) is 18.8 Å². The van der Waals surface area contributed by atoms with Crippen LogP contribution in [0.3, 0.4) is 0 Å². The molecule has 1 saturated heterocycles. The van der Waals surface area contributed by atoms with Crippen molar-refractivity contribution in [2.75, 3.05) is 19.6 Å². The smallest absolute Gasteiger partial charge is 0.314 e. The third-order valence-electron chi connectivity index (χ3n) is 4.58. The summed E-state index contributed by atoms with van der Waals surface area (Å²) in [5, 5.41) is 4.10. The summed E-state index contributed by atoms with van der Waals surface area (Å²) in [6, 6.07) is 9.51. The minimum absolute atomic E-state index is 0. The fourth-order valence-corrected chi connectivity index (χ4v) is 3.31. The van der Waals surface area contributed by atoms with E-state index in [1.54, 1.807) is 17.7 Å². The van der Waals surface area contributed by atoms with Crippen molar-refractivity contribution in [2.45, 2.75) is 12.6 Å². The van der Waals surface area contributed by atoms with Crippen LogP contribution in [0, 0.1) is 0 Å². The summed E-state index contributed by atoms with van der Waals surface area (Å²) in [5.74, 6) is 0. The highest BCUT2D eigenvalue weighted by Crippen LogP contribution is 2.25. The molecule has 136 valence electrons. The molecule has 6 nitrogen and oxygen atoms in total. The highest BCUT2D eigenvalue weighted by Gasteiger charge is 2.25. The standard InChI is InChI=1S/C17H21ClN4O2.ClH/c1-20-14(9-16(23)21(2)17(20)24)11-22-7-6-19-10-15(22)12-4-3-5-13(18)8-12;/h3-5,8-9,15,19H,6-7,10-11H2,1-2H3;1H. The lowest BCUT2D eigenvalue weighted by Gasteiger charge is -2.36. The molecule has 1 fully saturated rings. The SMILES string of the molecule is Cl.Cn1c(CN2CCNCC2c2cccc(Cl)c2)cc(=O)n(C)c1=O. The predicted octanol–water partition coefficient (Wildman–Crippen LogP) is 1.31. The van der Waals surface area contributed by atoms with Gasteiger partial charge in [0.2, 0.25) is 0 Å². The Balaban J connectivity index is 0.00000225. The molecule has 0 aliphatic carbocycles. The topological polar surface area (TPSA) is 59.3 Å². The quantitative estimate of drug-likeness (QED) is 0.866. The number of piperazine rings is 1. The Kier molecular flexibility index (Phi) is 6.46. The molecule has 1 unspecified atom stereocenters. The number of nitrogens with zero attached hydrogens (tertiary/aromatic N) is 3. The summed E-state index contributed by atoms with van der Waals surface area (Å²) in [7, 11) is 3.20. The Morgan fingerprint density at radius 2 is 1.96 bits per heavy atom. The first-order valence-corrected chi connectivity index (χ1v) is 8.31. The molecule has 0 amide bonds. The van der Waals surface area contributed by atoms with Crippen LogP contribution >= 0.6 is 24.0 Å². The van der Waals surface area contributed by atoms with E-state index >= 15 is 0 Å². The average Bonchev–Trinajstić information content (AvgIpc) is 2.58. The zero-order valence-corrected chi connectivity index (χ0v) is 15.8. The molecule has 1 aromatic carbocycles. The summed E-state index contributed by atoms with van der Waals surface area (Å²) >= 11 is 6.13. The lowest BCUT2D eigenvalue weighted by molar-refractivity contribution is 0.149. The fraction of sp³-hybridized carbons (Fsp3) is 0.412. The number of aromatic nitrogens is 2. The molecular weight excluding hydrogens is 363 g/mol. The van der Waals surface area contributed by atoms with Gasteiger partial charge >= 0.3 is 5.69 Å². The molecule has 1 atom stereocenters. The first kappa shape index (κ1) is 19.7. The number of nitrogens with one attached hydrogen (secondary N) is 1. The van der Waals surface area contributed by atoms with Gasteiger partial charge in [0, 0.05) is 63.1 Å². The van der Waals surface area contributed by atoms with Gasteiger partial charge in [0.15, 0.2) is 0 Å². The van der Waals surface area contributed by atoms with Crippen molar-refractivity contribution in [3.8, 4) is 0 Å². The lowest BCUT2D eigenvalue weighted by atomic mass is 10.0. The highest BCUT2D eigenvalue weighted by atomic mass is 35.5. The van der Waals surface area contributed by atoms with Crippen molar-refractivity contribution in [1.82, 2.24) is 19.4 Å². The first-order valence-electron chi connectivity index (χ1n) is 7.93. The normalized spacial score (nSPS) is 18.0. The Labute approximate surface area is 157 Å². The van der Waals surface area contributed by atoms with Gasteiger partial charge in [-0.15, -0.1) is 12.4 Å².